The van der Waals surface area contributed by atoms with Crippen LogP contribution in [0.1, 0.15) is 251 Å². The minimum absolute atomic E-state index is 0.00986. The third kappa shape index (κ3) is 40.3. The molecule has 0 saturated heterocycles. The quantitative estimate of drug-likeness (QED) is 0.0369. The average Bonchev–Trinajstić information content (AvgIpc) is 3.15. The topological polar surface area (TPSA) is 89.8 Å². The van der Waals surface area contributed by atoms with Gasteiger partial charge in [-0.05, 0) is 32.1 Å². The molecule has 5 nitrogen and oxygen atoms in total. The second-order valence-electron chi connectivity index (χ2n) is 16.4. The normalized spacial score (nSPS) is 13.7. The lowest BCUT2D eigenvalue weighted by molar-refractivity contribution is -0.124. The van der Waals surface area contributed by atoms with E-state index >= 15 is 0 Å². The Labute approximate surface area is 331 Å². The summed E-state index contributed by atoms with van der Waals surface area (Å²) < 4.78 is 0. The first-order valence-electron chi connectivity index (χ1n) is 23.6. The number of aliphatic hydroxyl groups is 3. The van der Waals surface area contributed by atoms with Crippen molar-refractivity contribution < 1.29 is 20.1 Å². The maximum absolute atomic E-state index is 12.4. The molecule has 3 unspecified atom stereocenters. The molecule has 0 heterocycles. The molecule has 0 aliphatic rings. The van der Waals surface area contributed by atoms with E-state index in [4.69, 9.17) is 0 Å². The Morgan fingerprint density at radius 1 is 0.472 bits per heavy atom. The minimum Gasteiger partial charge on any atom is -0.394 e. The van der Waals surface area contributed by atoms with Crippen LogP contribution in [0.15, 0.2) is 24.3 Å². The third-order valence-electron chi connectivity index (χ3n) is 11.0. The van der Waals surface area contributed by atoms with Gasteiger partial charge in [0.05, 0.1) is 31.3 Å². The van der Waals surface area contributed by atoms with Crippen molar-refractivity contribution in [1.29, 1.82) is 0 Å². The molecule has 0 spiro atoms. The predicted molar refractivity (Wildman–Crippen MR) is 231 cm³/mol. The van der Waals surface area contributed by atoms with Gasteiger partial charge in [0.15, 0.2) is 0 Å². The molecule has 0 fully saturated rings. The fourth-order valence-electron chi connectivity index (χ4n) is 7.36. The first-order valence-corrected chi connectivity index (χ1v) is 23.6. The molecule has 0 radical (unpaired) electrons. The molecule has 5 heteroatoms. The Kier molecular flexibility index (Phi) is 42.6. The number of carbonyl (C=O) groups is 1. The lowest BCUT2D eigenvalue weighted by Gasteiger charge is -2.21. The molecule has 0 aliphatic carbocycles. The van der Waals surface area contributed by atoms with Crippen molar-refractivity contribution in [3.05, 3.63) is 24.3 Å². The van der Waals surface area contributed by atoms with Gasteiger partial charge in [-0.1, -0.05) is 237 Å². The summed E-state index contributed by atoms with van der Waals surface area (Å²) in [6.45, 7) is 4.22. The highest BCUT2D eigenvalue weighted by Gasteiger charge is 2.20. The maximum atomic E-state index is 12.4. The van der Waals surface area contributed by atoms with Crippen molar-refractivity contribution in [2.75, 3.05) is 6.61 Å². The van der Waals surface area contributed by atoms with Crippen molar-refractivity contribution in [2.45, 2.75) is 270 Å². The molecule has 0 aliphatic heterocycles. The first-order chi connectivity index (χ1) is 26.0. The molecule has 0 aromatic carbocycles. The highest BCUT2D eigenvalue weighted by molar-refractivity contribution is 5.76. The molecule has 314 valence electrons. The number of rotatable bonds is 43. The lowest BCUT2D eigenvalue weighted by atomic mass is 10.0. The molecule has 0 aromatic rings. The van der Waals surface area contributed by atoms with E-state index in [1.165, 1.54) is 193 Å². The van der Waals surface area contributed by atoms with E-state index in [0.29, 0.717) is 6.42 Å². The van der Waals surface area contributed by atoms with Crippen molar-refractivity contribution in [3.63, 3.8) is 0 Å². The number of amides is 1. The second kappa shape index (κ2) is 43.6. The Balaban J connectivity index is 3.66. The summed E-state index contributed by atoms with van der Waals surface area (Å²) >= 11 is 0. The summed E-state index contributed by atoms with van der Waals surface area (Å²) in [6, 6.07) is -0.757. The van der Waals surface area contributed by atoms with Crippen LogP contribution in [0.4, 0.5) is 0 Å². The molecule has 53 heavy (non-hydrogen) atoms. The van der Waals surface area contributed by atoms with Gasteiger partial charge >= 0.3 is 0 Å². The highest BCUT2D eigenvalue weighted by atomic mass is 16.3. The van der Waals surface area contributed by atoms with Crippen LogP contribution in [0.5, 0.6) is 0 Å². The highest BCUT2D eigenvalue weighted by Crippen LogP contribution is 2.16. The molecular formula is C48H93NO4. The van der Waals surface area contributed by atoms with E-state index in [2.05, 4.69) is 31.3 Å². The molecular weight excluding hydrogens is 655 g/mol. The Bertz CT molecular complexity index is 784. The fourth-order valence-corrected chi connectivity index (χ4v) is 7.36. The number of carbonyl (C=O) groups excluding carboxylic acids is 1. The molecule has 1 amide bonds. The minimum atomic E-state index is -0.949. The summed E-state index contributed by atoms with van der Waals surface area (Å²) in [7, 11) is 0. The van der Waals surface area contributed by atoms with Gasteiger partial charge in [-0.3, -0.25) is 4.79 Å². The van der Waals surface area contributed by atoms with Gasteiger partial charge in [0.25, 0.3) is 0 Å². The Morgan fingerprint density at radius 3 is 1.21 bits per heavy atom. The lowest BCUT2D eigenvalue weighted by Crippen LogP contribution is -2.45. The van der Waals surface area contributed by atoms with Crippen LogP contribution in [0.25, 0.3) is 0 Å². The summed E-state index contributed by atoms with van der Waals surface area (Å²) in [5.74, 6) is -0.322. The summed E-state index contributed by atoms with van der Waals surface area (Å²) in [6.07, 6.45) is 53.3. The standard InChI is InChI=1S/C48H93NO4/c1-3-5-7-9-11-13-15-17-19-21-22-23-24-26-28-30-32-34-36-38-40-42-47(52)46(44-50)49-48(53)43-45(51)41-39-37-35-33-31-29-27-25-20-18-16-14-12-10-8-6-4-2/h32,34,40,42,45-47,50-52H,3-31,33,35-39,41,43-44H2,1-2H3,(H,49,53)/b34-32+,42-40+. The van der Waals surface area contributed by atoms with Crippen molar-refractivity contribution in [3.8, 4) is 0 Å². The smallest absolute Gasteiger partial charge is 0.222 e. The van der Waals surface area contributed by atoms with Crippen LogP contribution in [-0.2, 0) is 4.79 Å². The molecule has 0 saturated carbocycles. The van der Waals surface area contributed by atoms with Gasteiger partial charge in [-0.25, -0.2) is 0 Å². The van der Waals surface area contributed by atoms with Crippen molar-refractivity contribution >= 4 is 5.91 Å². The largest absolute Gasteiger partial charge is 0.394 e. The molecule has 0 aromatic heterocycles. The zero-order chi connectivity index (χ0) is 38.7. The number of unbranched alkanes of at least 4 members (excludes halogenated alkanes) is 32. The van der Waals surface area contributed by atoms with Gasteiger partial charge in [-0.15, -0.1) is 0 Å². The fraction of sp³-hybridized carbons (Fsp3) is 0.896. The van der Waals surface area contributed by atoms with Crippen LogP contribution in [-0.4, -0.2) is 46.1 Å². The monoisotopic (exact) mass is 748 g/mol. The molecule has 4 N–H and O–H groups in total. The van der Waals surface area contributed by atoms with Gasteiger partial charge < -0.3 is 20.6 Å². The van der Waals surface area contributed by atoms with Crippen molar-refractivity contribution in [1.82, 2.24) is 5.32 Å². The number of allylic oxidation sites excluding steroid dienone is 3. The number of hydrogen-bond acceptors (Lipinski definition) is 4. The molecule has 3 atom stereocenters. The van der Waals surface area contributed by atoms with Gasteiger partial charge in [-0.2, -0.15) is 0 Å². The van der Waals surface area contributed by atoms with Crippen LogP contribution in [0.2, 0.25) is 0 Å². The van der Waals surface area contributed by atoms with Gasteiger partial charge in [0.2, 0.25) is 5.91 Å². The average molecular weight is 748 g/mol. The van der Waals surface area contributed by atoms with Gasteiger partial charge in [0.1, 0.15) is 0 Å². The number of nitrogens with one attached hydrogen (secondary N) is 1. The molecule has 0 rings (SSSR count). The van der Waals surface area contributed by atoms with E-state index in [0.717, 1.165) is 32.1 Å². The van der Waals surface area contributed by atoms with Crippen LogP contribution >= 0.6 is 0 Å². The Hall–Kier alpha value is -1.17. The van der Waals surface area contributed by atoms with Crippen LogP contribution < -0.4 is 5.32 Å². The summed E-state index contributed by atoms with van der Waals surface area (Å²) in [5, 5.41) is 33.3. The second-order valence-corrected chi connectivity index (χ2v) is 16.4. The number of hydrogen-bond donors (Lipinski definition) is 4. The van der Waals surface area contributed by atoms with Crippen LogP contribution in [0.3, 0.4) is 0 Å². The SMILES string of the molecule is CCCCCCCCCCCCCCCCC/C=C/CC/C=C/C(O)C(CO)NC(=O)CC(O)CCCCCCCCCCCCCCCCCCC. The van der Waals surface area contributed by atoms with Crippen LogP contribution in [0, 0.1) is 0 Å². The van der Waals surface area contributed by atoms with Crippen molar-refractivity contribution in [2.24, 2.45) is 0 Å². The zero-order valence-corrected chi connectivity index (χ0v) is 35.7. The first kappa shape index (κ1) is 51.8. The molecule has 0 bridgehead atoms. The van der Waals surface area contributed by atoms with E-state index < -0.39 is 18.2 Å². The number of aliphatic hydroxyl groups excluding tert-OH is 3. The van der Waals surface area contributed by atoms with E-state index in [1.54, 1.807) is 6.08 Å². The van der Waals surface area contributed by atoms with E-state index in [9.17, 15) is 20.1 Å². The summed E-state index contributed by atoms with van der Waals surface area (Å²) in [5.41, 5.74) is 0. The third-order valence-corrected chi connectivity index (χ3v) is 11.0. The van der Waals surface area contributed by atoms with E-state index in [1.807, 2.05) is 6.08 Å². The summed E-state index contributed by atoms with van der Waals surface area (Å²) in [4.78, 5) is 12.4. The zero-order valence-electron chi connectivity index (χ0n) is 35.7. The maximum Gasteiger partial charge on any atom is 0.222 e. The Morgan fingerprint density at radius 2 is 0.811 bits per heavy atom. The predicted octanol–water partition coefficient (Wildman–Crippen LogP) is 13.8. The van der Waals surface area contributed by atoms with E-state index in [-0.39, 0.29) is 18.9 Å². The van der Waals surface area contributed by atoms with Gasteiger partial charge in [0, 0.05) is 0 Å².